The number of anilines is 1. The van der Waals surface area contributed by atoms with Crippen LogP contribution in [0.1, 0.15) is 19.8 Å². The van der Waals surface area contributed by atoms with Gasteiger partial charge < -0.3 is 19.4 Å². The van der Waals surface area contributed by atoms with E-state index in [2.05, 4.69) is 41.6 Å². The topological polar surface area (TPSA) is 74.7 Å². The Bertz CT molecular complexity index is 1590. The number of pyridine rings is 1. The lowest BCUT2D eigenvalue weighted by molar-refractivity contribution is -0.128. The minimum absolute atomic E-state index is 0.00197. The van der Waals surface area contributed by atoms with E-state index in [4.69, 9.17) is 31.3 Å². The number of nitrogens with zero attached hydrogens (tertiary/aromatic N) is 6. The second-order valence-electron chi connectivity index (χ2n) is 10.7. The zero-order valence-electron chi connectivity index (χ0n) is 22.9. The van der Waals surface area contributed by atoms with Crippen LogP contribution in [0, 0.1) is 0 Å². The number of hydrogen-bond donors (Lipinski definition) is 0. The molecule has 2 aromatic carbocycles. The second-order valence-corrected chi connectivity index (χ2v) is 11.1. The van der Waals surface area contributed by atoms with Crippen molar-refractivity contribution in [1.29, 1.82) is 0 Å². The lowest BCUT2D eigenvalue weighted by atomic mass is 9.99. The van der Waals surface area contributed by atoms with E-state index in [1.54, 1.807) is 0 Å². The number of benzene rings is 2. The molecule has 0 N–H and O–H groups in total. The Balaban J connectivity index is 1.41. The molecule has 2 saturated heterocycles. The molecule has 4 heterocycles. The van der Waals surface area contributed by atoms with Gasteiger partial charge in [0.05, 0.1) is 5.52 Å². The minimum Gasteiger partial charge on any atom is -0.462 e. The highest BCUT2D eigenvalue weighted by molar-refractivity contribution is 6.36. The Morgan fingerprint density at radius 1 is 1.18 bits per heavy atom. The van der Waals surface area contributed by atoms with Crippen LogP contribution in [0.2, 0.25) is 5.02 Å². The number of hydrogen-bond acceptors (Lipinski definition) is 7. The summed E-state index contributed by atoms with van der Waals surface area (Å²) in [5, 5.41) is 2.75. The molecule has 9 heteroatoms. The van der Waals surface area contributed by atoms with Gasteiger partial charge in [-0.3, -0.25) is 9.78 Å². The summed E-state index contributed by atoms with van der Waals surface area (Å²) in [6, 6.07) is 14.8. The molecule has 6 rings (SSSR count). The molecular formula is C31H33ClN6O2. The first-order valence-corrected chi connectivity index (χ1v) is 14.2. The normalized spacial score (nSPS) is 19.9. The highest BCUT2D eigenvalue weighted by atomic mass is 35.5. The van der Waals surface area contributed by atoms with E-state index in [-0.39, 0.29) is 11.9 Å². The third-order valence-electron chi connectivity index (χ3n) is 8.12. The van der Waals surface area contributed by atoms with Crippen molar-refractivity contribution in [3.05, 3.63) is 66.3 Å². The Morgan fingerprint density at radius 3 is 2.75 bits per heavy atom. The molecule has 4 aromatic rings. The summed E-state index contributed by atoms with van der Waals surface area (Å²) in [6.45, 7) is 9.13. The number of ether oxygens (including phenoxy) is 1. The van der Waals surface area contributed by atoms with E-state index in [1.807, 2.05) is 42.3 Å². The van der Waals surface area contributed by atoms with Crippen molar-refractivity contribution in [1.82, 2.24) is 24.8 Å². The predicted octanol–water partition coefficient (Wildman–Crippen LogP) is 5.19. The van der Waals surface area contributed by atoms with Crippen molar-refractivity contribution in [3.63, 3.8) is 0 Å². The van der Waals surface area contributed by atoms with Crippen LogP contribution in [-0.2, 0) is 4.79 Å². The first-order valence-electron chi connectivity index (χ1n) is 13.8. The highest BCUT2D eigenvalue weighted by Crippen LogP contribution is 2.36. The second kappa shape index (κ2) is 11.0. The molecule has 2 aliphatic rings. The van der Waals surface area contributed by atoms with Crippen molar-refractivity contribution in [2.24, 2.45) is 0 Å². The molecular weight excluding hydrogens is 524 g/mol. The van der Waals surface area contributed by atoms with Gasteiger partial charge >= 0.3 is 6.01 Å². The van der Waals surface area contributed by atoms with Crippen LogP contribution in [0.4, 0.5) is 5.82 Å². The molecule has 0 saturated carbocycles. The van der Waals surface area contributed by atoms with Gasteiger partial charge in [-0.05, 0) is 62.5 Å². The standard InChI is InChI=1S/C31H33ClN6O2/c1-4-27(39)38-15-14-37(18-20(38)2)30-29-26(34-31(35-30)40-19-23-10-7-13-36(23)3)16-22(17-33-29)24-11-5-8-21-9-6-12-25(32)28(21)24/h4-6,8-9,11-12,16-17,20,23H,1,7,10,13-15,18-19H2,2-3H3/t20-,23-/m0/s1. The first-order chi connectivity index (χ1) is 19.4. The van der Waals surface area contributed by atoms with Gasteiger partial charge in [0.1, 0.15) is 12.1 Å². The number of likely N-dealkylation sites (tertiary alicyclic amines) is 1. The molecule has 2 fully saturated rings. The molecule has 2 aliphatic heterocycles. The number of aromatic nitrogens is 3. The van der Waals surface area contributed by atoms with Crippen LogP contribution in [0.15, 0.2) is 61.3 Å². The van der Waals surface area contributed by atoms with E-state index in [0.29, 0.717) is 54.3 Å². The Labute approximate surface area is 239 Å². The Morgan fingerprint density at radius 2 is 2.00 bits per heavy atom. The molecule has 40 heavy (non-hydrogen) atoms. The summed E-state index contributed by atoms with van der Waals surface area (Å²) in [5.74, 6) is 0.667. The average molecular weight is 557 g/mol. The predicted molar refractivity (Wildman–Crippen MR) is 160 cm³/mol. The molecule has 0 aliphatic carbocycles. The summed E-state index contributed by atoms with van der Waals surface area (Å²) >= 11 is 6.64. The molecule has 0 bridgehead atoms. The smallest absolute Gasteiger partial charge is 0.319 e. The number of carbonyl (C=O) groups is 1. The molecule has 206 valence electrons. The van der Waals surface area contributed by atoms with Gasteiger partial charge in [0.2, 0.25) is 5.91 Å². The van der Waals surface area contributed by atoms with Crippen molar-refractivity contribution in [2.75, 3.05) is 44.7 Å². The quantitative estimate of drug-likeness (QED) is 0.302. The third kappa shape index (κ3) is 4.97. The van der Waals surface area contributed by atoms with Crippen molar-refractivity contribution >= 4 is 45.1 Å². The van der Waals surface area contributed by atoms with Crippen LogP contribution in [0.3, 0.4) is 0 Å². The van der Waals surface area contributed by atoms with Crippen LogP contribution < -0.4 is 9.64 Å². The fourth-order valence-electron chi connectivity index (χ4n) is 5.91. The van der Waals surface area contributed by atoms with Crippen molar-refractivity contribution in [3.8, 4) is 17.1 Å². The van der Waals surface area contributed by atoms with Crippen LogP contribution >= 0.6 is 11.6 Å². The van der Waals surface area contributed by atoms with Gasteiger partial charge in [0, 0.05) is 53.9 Å². The van der Waals surface area contributed by atoms with Gasteiger partial charge in [-0.1, -0.05) is 48.5 Å². The lowest BCUT2D eigenvalue weighted by Gasteiger charge is -2.40. The molecule has 1 amide bonds. The van der Waals surface area contributed by atoms with Crippen LogP contribution in [0.25, 0.3) is 32.9 Å². The van der Waals surface area contributed by atoms with Gasteiger partial charge in [-0.25, -0.2) is 0 Å². The zero-order chi connectivity index (χ0) is 27.8. The molecule has 0 spiro atoms. The van der Waals surface area contributed by atoms with E-state index in [0.717, 1.165) is 40.7 Å². The molecule has 2 atom stereocenters. The van der Waals surface area contributed by atoms with Crippen molar-refractivity contribution < 1.29 is 9.53 Å². The maximum absolute atomic E-state index is 12.3. The van der Waals surface area contributed by atoms with Gasteiger partial charge in [-0.2, -0.15) is 9.97 Å². The van der Waals surface area contributed by atoms with Crippen molar-refractivity contribution in [2.45, 2.75) is 31.8 Å². The Kier molecular flexibility index (Phi) is 7.29. The lowest BCUT2D eigenvalue weighted by Crippen LogP contribution is -2.54. The average Bonchev–Trinajstić information content (AvgIpc) is 3.39. The minimum atomic E-state index is -0.0547. The number of rotatable bonds is 6. The number of halogens is 1. The summed E-state index contributed by atoms with van der Waals surface area (Å²) in [6.07, 6.45) is 5.51. The van der Waals surface area contributed by atoms with Gasteiger partial charge in [-0.15, -0.1) is 0 Å². The van der Waals surface area contributed by atoms with Crippen LogP contribution in [0.5, 0.6) is 6.01 Å². The van der Waals surface area contributed by atoms with Gasteiger partial charge in [0.15, 0.2) is 5.82 Å². The highest BCUT2D eigenvalue weighted by Gasteiger charge is 2.29. The van der Waals surface area contributed by atoms with E-state index in [1.165, 1.54) is 12.5 Å². The van der Waals surface area contributed by atoms with E-state index in [9.17, 15) is 4.79 Å². The number of likely N-dealkylation sites (N-methyl/N-ethyl adjacent to an activating group) is 1. The fraction of sp³-hybridized carbons (Fsp3) is 0.355. The SMILES string of the molecule is C=CC(=O)N1CCN(c2nc(OC[C@@H]3CCCN3C)nc3cc(-c4cccc5cccc(Cl)c45)cnc23)C[C@@H]1C. The van der Waals surface area contributed by atoms with Gasteiger partial charge in [0.25, 0.3) is 0 Å². The first kappa shape index (κ1) is 26.5. The molecule has 2 aromatic heterocycles. The third-order valence-corrected chi connectivity index (χ3v) is 8.44. The summed E-state index contributed by atoms with van der Waals surface area (Å²) < 4.78 is 6.22. The fourth-order valence-corrected chi connectivity index (χ4v) is 6.19. The van der Waals surface area contributed by atoms with E-state index < -0.39 is 0 Å². The van der Waals surface area contributed by atoms with Crippen LogP contribution in [-0.4, -0.2) is 82.6 Å². The number of amides is 1. The Hall–Kier alpha value is -3.75. The zero-order valence-corrected chi connectivity index (χ0v) is 23.6. The summed E-state index contributed by atoms with van der Waals surface area (Å²) in [7, 11) is 2.13. The molecule has 0 unspecified atom stereocenters. The molecule has 8 nitrogen and oxygen atoms in total. The summed E-state index contributed by atoms with van der Waals surface area (Å²) in [5.41, 5.74) is 3.33. The number of carbonyl (C=O) groups excluding carboxylic acids is 1. The molecule has 0 radical (unpaired) electrons. The monoisotopic (exact) mass is 556 g/mol. The maximum atomic E-state index is 12.3. The summed E-state index contributed by atoms with van der Waals surface area (Å²) in [4.78, 5) is 33.3. The number of fused-ring (bicyclic) bond motifs is 2. The van der Waals surface area contributed by atoms with E-state index >= 15 is 0 Å². The number of piperazine rings is 1. The maximum Gasteiger partial charge on any atom is 0.319 e. The largest absolute Gasteiger partial charge is 0.462 e.